The molecular formula is C18H19F2N3O3. The summed E-state index contributed by atoms with van der Waals surface area (Å²) in [6.45, 7) is -1.24. The number of hydrazone groups is 1. The van der Waals surface area contributed by atoms with E-state index in [0.29, 0.717) is 17.0 Å². The summed E-state index contributed by atoms with van der Waals surface area (Å²) in [5, 5.41) is 6.92. The van der Waals surface area contributed by atoms with Gasteiger partial charge in [0.25, 0.3) is 5.91 Å². The fourth-order valence-corrected chi connectivity index (χ4v) is 2.06. The van der Waals surface area contributed by atoms with E-state index in [1.165, 1.54) is 12.1 Å². The van der Waals surface area contributed by atoms with Gasteiger partial charge in [-0.05, 0) is 31.2 Å². The monoisotopic (exact) mass is 363 g/mol. The third-order valence-corrected chi connectivity index (χ3v) is 3.35. The quantitative estimate of drug-likeness (QED) is 0.558. The summed E-state index contributed by atoms with van der Waals surface area (Å²) in [4.78, 5) is 11.9. The van der Waals surface area contributed by atoms with Crippen LogP contribution in [0.4, 0.5) is 14.5 Å². The zero-order valence-corrected chi connectivity index (χ0v) is 14.3. The Kier molecular flexibility index (Phi) is 6.90. The van der Waals surface area contributed by atoms with Crippen molar-refractivity contribution in [3.05, 3.63) is 54.1 Å². The number of alkyl halides is 2. The van der Waals surface area contributed by atoms with E-state index in [4.69, 9.17) is 4.74 Å². The zero-order chi connectivity index (χ0) is 18.9. The van der Waals surface area contributed by atoms with Gasteiger partial charge in [-0.15, -0.1) is 0 Å². The highest BCUT2D eigenvalue weighted by Crippen LogP contribution is 2.17. The molecule has 26 heavy (non-hydrogen) atoms. The number of nitrogens with one attached hydrogen (secondary N) is 2. The van der Waals surface area contributed by atoms with Crippen molar-refractivity contribution in [1.82, 2.24) is 5.43 Å². The molecule has 6 nitrogen and oxygen atoms in total. The topological polar surface area (TPSA) is 72.0 Å². The number of ether oxygens (including phenoxy) is 2. The average molecular weight is 363 g/mol. The molecule has 0 heterocycles. The second kappa shape index (κ2) is 9.36. The van der Waals surface area contributed by atoms with Crippen LogP contribution in [0.15, 0.2) is 53.6 Å². The Morgan fingerprint density at radius 1 is 1.15 bits per heavy atom. The number of amides is 1. The number of anilines is 1. The molecule has 2 aromatic carbocycles. The van der Waals surface area contributed by atoms with Crippen LogP contribution < -0.4 is 20.2 Å². The summed E-state index contributed by atoms with van der Waals surface area (Å²) in [5.41, 5.74) is 4.16. The van der Waals surface area contributed by atoms with Crippen LogP contribution >= 0.6 is 0 Å². The van der Waals surface area contributed by atoms with Gasteiger partial charge in [-0.25, -0.2) is 5.43 Å². The van der Waals surface area contributed by atoms with Crippen molar-refractivity contribution in [2.75, 3.05) is 19.0 Å². The summed E-state index contributed by atoms with van der Waals surface area (Å²) < 4.78 is 34.0. The van der Waals surface area contributed by atoms with E-state index in [-0.39, 0.29) is 18.2 Å². The molecule has 2 aromatic rings. The second-order valence-corrected chi connectivity index (χ2v) is 5.22. The summed E-state index contributed by atoms with van der Waals surface area (Å²) in [6.07, 6.45) is 0. The molecule has 2 N–H and O–H groups in total. The molecule has 8 heteroatoms. The van der Waals surface area contributed by atoms with Crippen molar-refractivity contribution in [1.29, 1.82) is 0 Å². The minimum absolute atomic E-state index is 0.0124. The van der Waals surface area contributed by atoms with Crippen LogP contribution in [0.3, 0.4) is 0 Å². The van der Waals surface area contributed by atoms with Crippen LogP contribution in [-0.2, 0) is 4.79 Å². The standard InChI is InChI=1S/C18H19F2N3O3/c1-12(13-5-3-8-16(9-13)26-18(19)20)22-23-17(24)11-21-14-6-4-7-15(10-14)25-2/h3-10,18,21H,11H2,1-2H3,(H,23,24)/b22-12-. The molecule has 0 aliphatic heterocycles. The zero-order valence-electron chi connectivity index (χ0n) is 14.3. The molecule has 0 aliphatic rings. The third kappa shape index (κ3) is 6.04. The maximum absolute atomic E-state index is 12.3. The van der Waals surface area contributed by atoms with Crippen LogP contribution in [0, 0.1) is 0 Å². The van der Waals surface area contributed by atoms with E-state index >= 15 is 0 Å². The number of halogens is 2. The van der Waals surface area contributed by atoms with Crippen LogP contribution in [-0.4, -0.2) is 31.9 Å². The lowest BCUT2D eigenvalue weighted by atomic mass is 10.1. The molecule has 0 atom stereocenters. The molecule has 0 radical (unpaired) electrons. The van der Waals surface area contributed by atoms with Gasteiger partial charge in [-0.3, -0.25) is 4.79 Å². The first kappa shape index (κ1) is 19.2. The first-order valence-electron chi connectivity index (χ1n) is 7.74. The lowest BCUT2D eigenvalue weighted by molar-refractivity contribution is -0.119. The van der Waals surface area contributed by atoms with Crippen molar-refractivity contribution in [3.63, 3.8) is 0 Å². The van der Waals surface area contributed by atoms with Gasteiger partial charge in [0, 0.05) is 17.3 Å². The van der Waals surface area contributed by atoms with Gasteiger partial charge in [-0.1, -0.05) is 18.2 Å². The maximum Gasteiger partial charge on any atom is 0.387 e. The maximum atomic E-state index is 12.3. The van der Waals surface area contributed by atoms with Gasteiger partial charge in [0.2, 0.25) is 0 Å². The fourth-order valence-electron chi connectivity index (χ4n) is 2.06. The Hall–Kier alpha value is -3.16. The highest BCUT2D eigenvalue weighted by atomic mass is 19.3. The SMILES string of the molecule is COc1cccc(NCC(=O)N/N=C(/C)c2cccc(OC(F)F)c2)c1. The Morgan fingerprint density at radius 2 is 1.88 bits per heavy atom. The van der Waals surface area contributed by atoms with Gasteiger partial charge >= 0.3 is 6.61 Å². The fraction of sp³-hybridized carbons (Fsp3) is 0.222. The molecular weight excluding hydrogens is 344 g/mol. The molecule has 0 fully saturated rings. The van der Waals surface area contributed by atoms with Crippen molar-refractivity contribution in [2.45, 2.75) is 13.5 Å². The molecule has 0 aromatic heterocycles. The van der Waals surface area contributed by atoms with Crippen molar-refractivity contribution in [2.24, 2.45) is 5.10 Å². The van der Waals surface area contributed by atoms with Crippen LogP contribution in [0.25, 0.3) is 0 Å². The largest absolute Gasteiger partial charge is 0.497 e. The number of carbonyl (C=O) groups is 1. The minimum Gasteiger partial charge on any atom is -0.497 e. The predicted molar refractivity (Wildman–Crippen MR) is 94.9 cm³/mol. The minimum atomic E-state index is -2.90. The number of nitrogens with zero attached hydrogens (tertiary/aromatic N) is 1. The molecule has 2 rings (SSSR count). The summed E-state index contributed by atoms with van der Waals surface area (Å²) in [7, 11) is 1.56. The van der Waals surface area contributed by atoms with E-state index in [2.05, 4.69) is 20.6 Å². The molecule has 0 saturated heterocycles. The summed E-state index contributed by atoms with van der Waals surface area (Å²) in [6, 6.07) is 13.2. The third-order valence-electron chi connectivity index (χ3n) is 3.35. The normalized spacial score (nSPS) is 11.2. The van der Waals surface area contributed by atoms with Gasteiger partial charge < -0.3 is 14.8 Å². The van der Waals surface area contributed by atoms with Crippen LogP contribution in [0.2, 0.25) is 0 Å². The summed E-state index contributed by atoms with van der Waals surface area (Å²) in [5.74, 6) is 0.348. The second-order valence-electron chi connectivity index (χ2n) is 5.22. The number of carbonyl (C=O) groups excluding carboxylic acids is 1. The summed E-state index contributed by atoms with van der Waals surface area (Å²) >= 11 is 0. The Morgan fingerprint density at radius 3 is 2.62 bits per heavy atom. The van der Waals surface area contributed by atoms with Crippen LogP contribution in [0.1, 0.15) is 12.5 Å². The molecule has 0 unspecified atom stereocenters. The van der Waals surface area contributed by atoms with E-state index < -0.39 is 6.61 Å². The Balaban J connectivity index is 1.90. The number of methoxy groups -OCH3 is 1. The van der Waals surface area contributed by atoms with E-state index in [1.54, 1.807) is 50.4 Å². The number of hydrogen-bond acceptors (Lipinski definition) is 5. The van der Waals surface area contributed by atoms with Crippen molar-refractivity contribution in [3.8, 4) is 11.5 Å². The number of hydrogen-bond donors (Lipinski definition) is 2. The predicted octanol–water partition coefficient (Wildman–Crippen LogP) is 3.25. The average Bonchev–Trinajstić information content (AvgIpc) is 2.64. The first-order chi connectivity index (χ1) is 12.5. The number of benzene rings is 2. The lowest BCUT2D eigenvalue weighted by Gasteiger charge is -2.08. The van der Waals surface area contributed by atoms with E-state index in [0.717, 1.165) is 5.69 Å². The Bertz CT molecular complexity index is 782. The van der Waals surface area contributed by atoms with E-state index in [1.807, 2.05) is 0 Å². The lowest BCUT2D eigenvalue weighted by Crippen LogP contribution is -2.26. The van der Waals surface area contributed by atoms with E-state index in [9.17, 15) is 13.6 Å². The van der Waals surface area contributed by atoms with Crippen LogP contribution in [0.5, 0.6) is 11.5 Å². The molecule has 0 spiro atoms. The number of rotatable bonds is 8. The van der Waals surface area contributed by atoms with Crippen molar-refractivity contribution < 1.29 is 23.0 Å². The van der Waals surface area contributed by atoms with Gasteiger partial charge in [0.05, 0.1) is 19.4 Å². The Labute approximate surface area is 149 Å². The molecule has 0 saturated carbocycles. The molecule has 138 valence electrons. The molecule has 0 bridgehead atoms. The van der Waals surface area contributed by atoms with Gasteiger partial charge in [0.15, 0.2) is 0 Å². The molecule has 1 amide bonds. The van der Waals surface area contributed by atoms with Crippen molar-refractivity contribution >= 4 is 17.3 Å². The van der Waals surface area contributed by atoms with Gasteiger partial charge in [-0.2, -0.15) is 13.9 Å². The molecule has 0 aliphatic carbocycles. The highest BCUT2D eigenvalue weighted by Gasteiger charge is 2.07. The highest BCUT2D eigenvalue weighted by molar-refractivity contribution is 5.99. The smallest absolute Gasteiger partial charge is 0.387 e. The first-order valence-corrected chi connectivity index (χ1v) is 7.74. The van der Waals surface area contributed by atoms with Gasteiger partial charge in [0.1, 0.15) is 11.5 Å².